The molecule has 2 N–H and O–H groups in total. The quantitative estimate of drug-likeness (QED) is 0.784. The maximum Gasteiger partial charge on any atom is 0.246 e. The van der Waals surface area contributed by atoms with Crippen molar-refractivity contribution in [1.82, 2.24) is 14.1 Å². The largest absolute Gasteiger partial charge is 0.330 e. The van der Waals surface area contributed by atoms with Crippen LogP contribution in [0.3, 0.4) is 0 Å². The molecule has 1 heterocycles. The van der Waals surface area contributed by atoms with Gasteiger partial charge in [-0.3, -0.25) is 4.68 Å². The van der Waals surface area contributed by atoms with Gasteiger partial charge in [0.1, 0.15) is 4.90 Å². The van der Waals surface area contributed by atoms with Crippen molar-refractivity contribution in [1.29, 1.82) is 0 Å². The molecule has 1 rings (SSSR count). The van der Waals surface area contributed by atoms with Gasteiger partial charge in [-0.2, -0.15) is 9.40 Å². The molecule has 0 saturated carbocycles. The van der Waals surface area contributed by atoms with Crippen molar-refractivity contribution in [2.45, 2.75) is 52.0 Å². The van der Waals surface area contributed by atoms with E-state index in [1.807, 2.05) is 20.8 Å². The van der Waals surface area contributed by atoms with Gasteiger partial charge in [-0.1, -0.05) is 13.8 Å². The molecule has 0 aromatic carbocycles. The minimum atomic E-state index is -3.46. The maximum atomic E-state index is 12.7. The molecule has 0 unspecified atom stereocenters. The van der Waals surface area contributed by atoms with Crippen molar-refractivity contribution in [3.63, 3.8) is 0 Å². The Kier molecular flexibility index (Phi) is 6.16. The first-order valence-corrected chi connectivity index (χ1v) is 8.58. The molecule has 0 spiro atoms. The standard InChI is InChI=1S/C13H26N4O2S/c1-5-9-16(6-2)20(18,19)13-11(3)15-17(12(13)4)10-7-8-14/h5-10,14H2,1-4H3. The van der Waals surface area contributed by atoms with E-state index in [4.69, 9.17) is 5.73 Å². The molecular formula is C13H26N4O2S. The highest BCUT2D eigenvalue weighted by Crippen LogP contribution is 2.23. The molecule has 0 atom stereocenters. The van der Waals surface area contributed by atoms with Gasteiger partial charge < -0.3 is 5.73 Å². The summed E-state index contributed by atoms with van der Waals surface area (Å²) in [6.45, 7) is 9.62. The second-order valence-electron chi connectivity index (χ2n) is 4.86. The fourth-order valence-corrected chi connectivity index (χ4v) is 4.25. The average Bonchev–Trinajstić information content (AvgIpc) is 2.68. The first-order valence-electron chi connectivity index (χ1n) is 7.14. The van der Waals surface area contributed by atoms with Crippen LogP contribution >= 0.6 is 0 Å². The van der Waals surface area contributed by atoms with Crippen molar-refractivity contribution in [2.75, 3.05) is 19.6 Å². The number of nitrogens with two attached hydrogens (primary N) is 1. The van der Waals surface area contributed by atoms with E-state index in [2.05, 4.69) is 5.10 Å². The lowest BCUT2D eigenvalue weighted by Gasteiger charge is -2.19. The van der Waals surface area contributed by atoms with Crippen LogP contribution in [0.4, 0.5) is 0 Å². The summed E-state index contributed by atoms with van der Waals surface area (Å²) < 4.78 is 28.7. The maximum absolute atomic E-state index is 12.7. The van der Waals surface area contributed by atoms with E-state index in [0.717, 1.165) is 12.8 Å². The summed E-state index contributed by atoms with van der Waals surface area (Å²) in [5.41, 5.74) is 6.76. The number of aryl methyl sites for hydroxylation is 2. The SMILES string of the molecule is CCCN(CC)S(=O)(=O)c1c(C)nn(CCCN)c1C. The molecule has 0 aliphatic carbocycles. The van der Waals surface area contributed by atoms with Gasteiger partial charge in [-0.15, -0.1) is 0 Å². The molecule has 0 aliphatic rings. The second kappa shape index (κ2) is 7.19. The zero-order valence-electron chi connectivity index (χ0n) is 12.9. The Balaban J connectivity index is 3.21. The van der Waals surface area contributed by atoms with Crippen LogP contribution in [-0.4, -0.2) is 42.1 Å². The monoisotopic (exact) mass is 302 g/mol. The van der Waals surface area contributed by atoms with Gasteiger partial charge in [0.05, 0.1) is 11.4 Å². The fourth-order valence-electron chi connectivity index (χ4n) is 2.34. The van der Waals surface area contributed by atoms with Crippen LogP contribution in [-0.2, 0) is 16.6 Å². The Morgan fingerprint density at radius 2 is 1.95 bits per heavy atom. The third-order valence-electron chi connectivity index (χ3n) is 3.31. The predicted octanol–water partition coefficient (Wildman–Crippen LogP) is 1.27. The summed E-state index contributed by atoms with van der Waals surface area (Å²) >= 11 is 0. The van der Waals surface area contributed by atoms with Gasteiger partial charge in [-0.25, -0.2) is 8.42 Å². The first kappa shape index (κ1) is 17.1. The molecule has 6 nitrogen and oxygen atoms in total. The number of hydrogen-bond donors (Lipinski definition) is 1. The Labute approximate surface area is 122 Å². The van der Waals surface area contributed by atoms with Crippen LogP contribution in [0.5, 0.6) is 0 Å². The zero-order valence-corrected chi connectivity index (χ0v) is 13.7. The lowest BCUT2D eigenvalue weighted by molar-refractivity contribution is 0.426. The van der Waals surface area contributed by atoms with Gasteiger partial charge in [0.25, 0.3) is 0 Å². The molecule has 0 saturated heterocycles. The number of sulfonamides is 1. The van der Waals surface area contributed by atoms with Crippen LogP contribution < -0.4 is 5.73 Å². The number of aromatic nitrogens is 2. The Morgan fingerprint density at radius 1 is 1.30 bits per heavy atom. The average molecular weight is 302 g/mol. The summed E-state index contributed by atoms with van der Waals surface area (Å²) in [6, 6.07) is 0. The topological polar surface area (TPSA) is 81.2 Å². The molecule has 1 aromatic heterocycles. The number of nitrogens with zero attached hydrogens (tertiary/aromatic N) is 3. The van der Waals surface area contributed by atoms with Crippen molar-refractivity contribution in [3.05, 3.63) is 11.4 Å². The molecule has 0 fully saturated rings. The van der Waals surface area contributed by atoms with Gasteiger partial charge in [0, 0.05) is 19.6 Å². The number of hydrogen-bond acceptors (Lipinski definition) is 4. The van der Waals surface area contributed by atoms with Crippen molar-refractivity contribution >= 4 is 10.0 Å². The summed E-state index contributed by atoms with van der Waals surface area (Å²) in [7, 11) is -3.46. The van der Waals surface area contributed by atoms with E-state index >= 15 is 0 Å². The highest BCUT2D eigenvalue weighted by atomic mass is 32.2. The molecular weight excluding hydrogens is 276 g/mol. The van der Waals surface area contributed by atoms with Crippen LogP contribution in [0, 0.1) is 13.8 Å². The minimum Gasteiger partial charge on any atom is -0.330 e. The second-order valence-corrected chi connectivity index (χ2v) is 6.74. The fraction of sp³-hybridized carbons (Fsp3) is 0.769. The number of rotatable bonds is 8. The van der Waals surface area contributed by atoms with Gasteiger partial charge in [0.2, 0.25) is 10.0 Å². The Bertz CT molecular complexity index is 537. The summed E-state index contributed by atoms with van der Waals surface area (Å²) in [6.07, 6.45) is 1.58. The van der Waals surface area contributed by atoms with Crippen LogP contribution in [0.25, 0.3) is 0 Å². The van der Waals surface area contributed by atoms with E-state index < -0.39 is 10.0 Å². The van der Waals surface area contributed by atoms with Crippen molar-refractivity contribution in [3.8, 4) is 0 Å². The van der Waals surface area contributed by atoms with E-state index in [9.17, 15) is 8.42 Å². The van der Waals surface area contributed by atoms with Crippen molar-refractivity contribution < 1.29 is 8.42 Å². The van der Waals surface area contributed by atoms with E-state index in [1.54, 1.807) is 11.6 Å². The minimum absolute atomic E-state index is 0.352. The normalized spacial score (nSPS) is 12.3. The van der Waals surface area contributed by atoms with Gasteiger partial charge >= 0.3 is 0 Å². The first-order chi connectivity index (χ1) is 9.39. The molecule has 20 heavy (non-hydrogen) atoms. The predicted molar refractivity (Wildman–Crippen MR) is 80.1 cm³/mol. The van der Waals surface area contributed by atoms with Crippen LogP contribution in [0.15, 0.2) is 4.90 Å². The van der Waals surface area contributed by atoms with E-state index in [-0.39, 0.29) is 0 Å². The molecule has 0 radical (unpaired) electrons. The summed E-state index contributed by atoms with van der Waals surface area (Å²) in [5.74, 6) is 0. The molecule has 7 heteroatoms. The third kappa shape index (κ3) is 3.39. The van der Waals surface area contributed by atoms with Crippen LogP contribution in [0.2, 0.25) is 0 Å². The van der Waals surface area contributed by atoms with Gasteiger partial charge in [-0.05, 0) is 33.2 Å². The molecule has 1 aromatic rings. The van der Waals surface area contributed by atoms with E-state index in [0.29, 0.717) is 42.5 Å². The van der Waals surface area contributed by atoms with E-state index in [1.165, 1.54) is 4.31 Å². The molecule has 116 valence electrons. The van der Waals surface area contributed by atoms with Gasteiger partial charge in [0.15, 0.2) is 0 Å². The Hall–Kier alpha value is -0.920. The molecule has 0 amide bonds. The third-order valence-corrected chi connectivity index (χ3v) is 5.54. The lowest BCUT2D eigenvalue weighted by Crippen LogP contribution is -2.32. The molecule has 0 bridgehead atoms. The zero-order chi connectivity index (χ0) is 15.3. The lowest BCUT2D eigenvalue weighted by atomic mass is 10.4. The van der Waals surface area contributed by atoms with Crippen LogP contribution in [0.1, 0.15) is 38.1 Å². The summed E-state index contributed by atoms with van der Waals surface area (Å²) in [5, 5.41) is 4.35. The summed E-state index contributed by atoms with van der Waals surface area (Å²) in [4.78, 5) is 0.352. The smallest absolute Gasteiger partial charge is 0.246 e. The van der Waals surface area contributed by atoms with Crippen molar-refractivity contribution in [2.24, 2.45) is 5.73 Å². The highest BCUT2D eigenvalue weighted by Gasteiger charge is 2.29. The highest BCUT2D eigenvalue weighted by molar-refractivity contribution is 7.89. The molecule has 0 aliphatic heterocycles. The Morgan fingerprint density at radius 3 is 2.45 bits per heavy atom.